The molecule has 1 atom stereocenters. The van der Waals surface area contributed by atoms with E-state index in [1.807, 2.05) is 11.9 Å². The Bertz CT molecular complexity index is 221. The summed E-state index contributed by atoms with van der Waals surface area (Å²) < 4.78 is 0. The van der Waals surface area contributed by atoms with E-state index in [9.17, 15) is 4.79 Å². The quantitative estimate of drug-likeness (QED) is 0.756. The summed E-state index contributed by atoms with van der Waals surface area (Å²) in [6, 6.07) is -0.155. The Kier molecular flexibility index (Phi) is 4.79. The second kappa shape index (κ2) is 5.65. The Morgan fingerprint density at radius 3 is 2.60 bits per heavy atom. The van der Waals surface area contributed by atoms with Gasteiger partial charge in [-0.15, -0.1) is 12.4 Å². The Morgan fingerprint density at radius 2 is 2.07 bits per heavy atom. The van der Waals surface area contributed by atoms with Crippen molar-refractivity contribution in [2.45, 2.75) is 25.8 Å². The van der Waals surface area contributed by atoms with E-state index in [0.717, 1.165) is 13.1 Å². The Balaban J connectivity index is 0.00000112. The molecule has 2 fully saturated rings. The van der Waals surface area contributed by atoms with Crippen LogP contribution in [-0.2, 0) is 9.63 Å². The van der Waals surface area contributed by atoms with Crippen molar-refractivity contribution in [2.24, 2.45) is 0 Å². The van der Waals surface area contributed by atoms with Gasteiger partial charge < -0.3 is 9.74 Å². The molecule has 0 aromatic carbocycles. The Labute approximate surface area is 96.1 Å². The SMILES string of the molecule is CC1C(=O)ONN1CCN1CCCC1.Cl. The molecule has 0 spiro atoms. The van der Waals surface area contributed by atoms with Gasteiger partial charge in [0.2, 0.25) is 0 Å². The van der Waals surface area contributed by atoms with Gasteiger partial charge in [0.1, 0.15) is 6.04 Å². The smallest absolute Gasteiger partial charge is 0.344 e. The molecule has 2 aliphatic heterocycles. The van der Waals surface area contributed by atoms with Crippen molar-refractivity contribution >= 4 is 18.4 Å². The molecule has 5 nitrogen and oxygen atoms in total. The molecule has 0 aliphatic carbocycles. The minimum atomic E-state index is -0.188. The molecular formula is C9H18ClN3O2. The third-order valence-electron chi connectivity index (χ3n) is 2.93. The van der Waals surface area contributed by atoms with Crippen LogP contribution in [0.5, 0.6) is 0 Å². The van der Waals surface area contributed by atoms with Gasteiger partial charge in [0, 0.05) is 13.1 Å². The van der Waals surface area contributed by atoms with Crippen LogP contribution in [0.1, 0.15) is 19.8 Å². The number of hydrogen-bond donors (Lipinski definition) is 1. The molecule has 88 valence electrons. The molecule has 15 heavy (non-hydrogen) atoms. The summed E-state index contributed by atoms with van der Waals surface area (Å²) in [5.74, 6) is -0.188. The van der Waals surface area contributed by atoms with E-state index in [1.165, 1.54) is 25.9 Å². The van der Waals surface area contributed by atoms with E-state index in [2.05, 4.69) is 10.5 Å². The first-order valence-corrected chi connectivity index (χ1v) is 5.23. The number of nitrogens with one attached hydrogen (secondary N) is 1. The van der Waals surface area contributed by atoms with E-state index >= 15 is 0 Å². The number of carbonyl (C=O) groups is 1. The maximum absolute atomic E-state index is 11.0. The first-order chi connectivity index (χ1) is 6.77. The van der Waals surface area contributed by atoms with Gasteiger partial charge in [-0.2, -0.15) is 5.01 Å². The number of carbonyl (C=O) groups excluding carboxylic acids is 1. The predicted molar refractivity (Wildman–Crippen MR) is 58.3 cm³/mol. The number of hydrogen-bond acceptors (Lipinski definition) is 5. The lowest BCUT2D eigenvalue weighted by atomic mass is 10.3. The van der Waals surface area contributed by atoms with Crippen molar-refractivity contribution < 1.29 is 9.63 Å². The molecule has 2 rings (SSSR count). The maximum Gasteiger partial charge on any atom is 0.344 e. The summed E-state index contributed by atoms with van der Waals surface area (Å²) >= 11 is 0. The van der Waals surface area contributed by atoms with Gasteiger partial charge in [0.25, 0.3) is 0 Å². The van der Waals surface area contributed by atoms with E-state index in [1.54, 1.807) is 0 Å². The lowest BCUT2D eigenvalue weighted by Gasteiger charge is -2.20. The van der Waals surface area contributed by atoms with E-state index in [4.69, 9.17) is 4.84 Å². The summed E-state index contributed by atoms with van der Waals surface area (Å²) in [7, 11) is 0. The molecule has 2 aliphatic rings. The van der Waals surface area contributed by atoms with E-state index < -0.39 is 0 Å². The highest BCUT2D eigenvalue weighted by Gasteiger charge is 2.30. The van der Waals surface area contributed by atoms with Crippen LogP contribution in [0.3, 0.4) is 0 Å². The van der Waals surface area contributed by atoms with Gasteiger partial charge in [-0.3, -0.25) is 0 Å². The molecule has 6 heteroatoms. The van der Waals surface area contributed by atoms with Crippen molar-refractivity contribution in [3.63, 3.8) is 0 Å². The van der Waals surface area contributed by atoms with E-state index in [-0.39, 0.29) is 24.4 Å². The second-order valence-corrected chi connectivity index (χ2v) is 3.93. The zero-order chi connectivity index (χ0) is 9.97. The van der Waals surface area contributed by atoms with Crippen LogP contribution in [0.4, 0.5) is 0 Å². The highest BCUT2D eigenvalue weighted by atomic mass is 35.5. The van der Waals surface area contributed by atoms with Crippen LogP contribution in [-0.4, -0.2) is 48.1 Å². The molecule has 2 heterocycles. The van der Waals surface area contributed by atoms with Crippen LogP contribution in [0, 0.1) is 0 Å². The summed E-state index contributed by atoms with van der Waals surface area (Å²) in [6.07, 6.45) is 2.61. The molecule has 1 N–H and O–H groups in total. The average molecular weight is 236 g/mol. The van der Waals surface area contributed by atoms with Crippen molar-refractivity contribution in [2.75, 3.05) is 26.2 Å². The zero-order valence-electron chi connectivity index (χ0n) is 8.94. The van der Waals surface area contributed by atoms with Crippen LogP contribution >= 0.6 is 12.4 Å². The molecule has 0 amide bonds. The van der Waals surface area contributed by atoms with Crippen LogP contribution in [0.15, 0.2) is 0 Å². The highest BCUT2D eigenvalue weighted by Crippen LogP contribution is 2.09. The number of hydrazine groups is 1. The van der Waals surface area contributed by atoms with Gasteiger partial charge in [0.15, 0.2) is 0 Å². The largest absolute Gasteiger partial charge is 0.354 e. The summed E-state index contributed by atoms with van der Waals surface area (Å²) in [5, 5.41) is 1.85. The van der Waals surface area contributed by atoms with Crippen molar-refractivity contribution in [1.29, 1.82) is 0 Å². The lowest BCUT2D eigenvalue weighted by molar-refractivity contribution is -0.144. The third kappa shape index (κ3) is 3.04. The normalized spacial score (nSPS) is 27.8. The van der Waals surface area contributed by atoms with Crippen LogP contribution in [0.25, 0.3) is 0 Å². The minimum Gasteiger partial charge on any atom is -0.354 e. The van der Waals surface area contributed by atoms with Gasteiger partial charge in [-0.1, -0.05) is 5.59 Å². The van der Waals surface area contributed by atoms with Crippen LogP contribution < -0.4 is 5.59 Å². The molecule has 0 radical (unpaired) electrons. The molecule has 0 aromatic rings. The van der Waals surface area contributed by atoms with Crippen LogP contribution in [0.2, 0.25) is 0 Å². The second-order valence-electron chi connectivity index (χ2n) is 3.93. The predicted octanol–water partition coefficient (Wildman–Crippen LogP) is 0.171. The molecular weight excluding hydrogens is 218 g/mol. The summed E-state index contributed by atoms with van der Waals surface area (Å²) in [6.45, 7) is 6.08. The molecule has 0 bridgehead atoms. The Morgan fingerprint density at radius 1 is 1.40 bits per heavy atom. The lowest BCUT2D eigenvalue weighted by Crippen LogP contribution is -2.41. The summed E-state index contributed by atoms with van der Waals surface area (Å²) in [5.41, 5.74) is 2.64. The fourth-order valence-electron chi connectivity index (χ4n) is 1.89. The third-order valence-corrected chi connectivity index (χ3v) is 2.93. The van der Waals surface area contributed by atoms with Gasteiger partial charge in [-0.05, 0) is 32.9 Å². The van der Waals surface area contributed by atoms with Crippen molar-refractivity contribution in [3.05, 3.63) is 0 Å². The van der Waals surface area contributed by atoms with Gasteiger partial charge in [-0.25, -0.2) is 4.79 Å². The minimum absolute atomic E-state index is 0. The Hall–Kier alpha value is -0.360. The zero-order valence-corrected chi connectivity index (χ0v) is 9.76. The van der Waals surface area contributed by atoms with Gasteiger partial charge >= 0.3 is 5.97 Å². The number of rotatable bonds is 3. The summed E-state index contributed by atoms with van der Waals surface area (Å²) in [4.78, 5) is 18.2. The first kappa shape index (κ1) is 12.7. The molecule has 2 saturated heterocycles. The first-order valence-electron chi connectivity index (χ1n) is 5.23. The number of halogens is 1. The fourth-order valence-corrected chi connectivity index (χ4v) is 1.89. The maximum atomic E-state index is 11.0. The molecule has 0 aromatic heterocycles. The average Bonchev–Trinajstić information content (AvgIpc) is 2.77. The number of likely N-dealkylation sites (tertiary alicyclic amines) is 1. The molecule has 1 unspecified atom stereocenters. The standard InChI is InChI=1S/C9H17N3O2.ClH/c1-8-9(13)14-10-12(8)7-6-11-4-2-3-5-11;/h8,10H,2-7H2,1H3;1H. The van der Waals surface area contributed by atoms with Crippen molar-refractivity contribution in [1.82, 2.24) is 15.5 Å². The molecule has 0 saturated carbocycles. The van der Waals surface area contributed by atoms with Crippen molar-refractivity contribution in [3.8, 4) is 0 Å². The number of nitrogens with zero attached hydrogens (tertiary/aromatic N) is 2. The van der Waals surface area contributed by atoms with E-state index in [0.29, 0.717) is 0 Å². The topological polar surface area (TPSA) is 44.8 Å². The highest BCUT2D eigenvalue weighted by molar-refractivity contribution is 5.85. The monoisotopic (exact) mass is 235 g/mol. The fraction of sp³-hybridized carbons (Fsp3) is 0.889. The van der Waals surface area contributed by atoms with Gasteiger partial charge in [0.05, 0.1) is 0 Å².